The van der Waals surface area contributed by atoms with Crippen LogP contribution >= 0.6 is 0 Å². The molecule has 30 heavy (non-hydrogen) atoms. The van der Waals surface area contributed by atoms with Crippen molar-refractivity contribution in [3.63, 3.8) is 0 Å². The van der Waals surface area contributed by atoms with E-state index in [1.165, 1.54) is 17.7 Å². The number of hydrogen-bond acceptors (Lipinski definition) is 4. The van der Waals surface area contributed by atoms with Gasteiger partial charge in [-0.1, -0.05) is 35.5 Å². The average Bonchev–Trinajstić information content (AvgIpc) is 3.08. The summed E-state index contributed by atoms with van der Waals surface area (Å²) in [6, 6.07) is 14.9. The molecule has 0 saturated heterocycles. The van der Waals surface area contributed by atoms with Gasteiger partial charge >= 0.3 is 6.36 Å². The zero-order valence-electron chi connectivity index (χ0n) is 16.5. The summed E-state index contributed by atoms with van der Waals surface area (Å²) in [6.45, 7) is 3.55. The topological polar surface area (TPSA) is 64.4 Å². The zero-order chi connectivity index (χ0) is 21.7. The van der Waals surface area contributed by atoms with E-state index in [0.717, 1.165) is 25.0 Å². The van der Waals surface area contributed by atoms with E-state index in [-0.39, 0.29) is 29.0 Å². The molecule has 0 aliphatic heterocycles. The molecule has 1 N–H and O–H groups in total. The van der Waals surface area contributed by atoms with Crippen LogP contribution in [0.2, 0.25) is 0 Å². The summed E-state index contributed by atoms with van der Waals surface area (Å²) in [5.41, 5.74) is 2.26. The van der Waals surface area contributed by atoms with Gasteiger partial charge in [0.15, 0.2) is 5.76 Å². The minimum Gasteiger partial charge on any atom is -0.406 e. The van der Waals surface area contributed by atoms with Crippen molar-refractivity contribution in [2.75, 3.05) is 0 Å². The van der Waals surface area contributed by atoms with Crippen molar-refractivity contribution in [2.45, 2.75) is 39.1 Å². The molecule has 0 spiro atoms. The monoisotopic (exact) mass is 418 g/mol. The molecule has 2 aromatic carbocycles. The van der Waals surface area contributed by atoms with Crippen molar-refractivity contribution in [1.82, 2.24) is 10.5 Å². The number of carbonyl (C=O) groups is 1. The van der Waals surface area contributed by atoms with Crippen LogP contribution in [-0.4, -0.2) is 23.5 Å². The molecule has 1 amide bonds. The van der Waals surface area contributed by atoms with Gasteiger partial charge in [-0.2, -0.15) is 0 Å². The Morgan fingerprint density at radius 2 is 1.80 bits per heavy atom. The minimum atomic E-state index is -4.77. The number of alkyl halides is 3. The predicted molar refractivity (Wildman–Crippen MR) is 105 cm³/mol. The van der Waals surface area contributed by atoms with E-state index in [2.05, 4.69) is 15.2 Å². The summed E-state index contributed by atoms with van der Waals surface area (Å²) >= 11 is 0. The number of ether oxygens (including phenoxy) is 1. The fraction of sp³-hybridized carbons (Fsp3) is 0.273. The van der Waals surface area contributed by atoms with E-state index in [4.69, 9.17) is 4.52 Å². The van der Waals surface area contributed by atoms with Crippen molar-refractivity contribution in [3.8, 4) is 17.1 Å². The summed E-state index contributed by atoms with van der Waals surface area (Å²) in [5.74, 6) is -0.512. The van der Waals surface area contributed by atoms with E-state index < -0.39 is 6.36 Å². The maximum Gasteiger partial charge on any atom is 0.573 e. The summed E-state index contributed by atoms with van der Waals surface area (Å²) in [5, 5.41) is 6.78. The number of aryl methyl sites for hydroxylation is 2. The lowest BCUT2D eigenvalue weighted by Gasteiger charge is -2.14. The highest BCUT2D eigenvalue weighted by atomic mass is 19.4. The van der Waals surface area contributed by atoms with Gasteiger partial charge in [0, 0.05) is 11.6 Å². The Morgan fingerprint density at radius 1 is 1.13 bits per heavy atom. The fourth-order valence-corrected chi connectivity index (χ4v) is 3.04. The number of halogens is 3. The Kier molecular flexibility index (Phi) is 6.44. The highest BCUT2D eigenvalue weighted by Gasteiger charge is 2.31. The van der Waals surface area contributed by atoms with Gasteiger partial charge in [-0.05, 0) is 56.5 Å². The Hall–Kier alpha value is -3.29. The van der Waals surface area contributed by atoms with Gasteiger partial charge in [-0.3, -0.25) is 4.79 Å². The lowest BCUT2D eigenvalue weighted by Crippen LogP contribution is -2.33. The molecule has 0 aliphatic carbocycles. The van der Waals surface area contributed by atoms with Gasteiger partial charge < -0.3 is 14.6 Å². The number of nitrogens with zero attached hydrogens (tertiary/aromatic N) is 1. The van der Waals surface area contributed by atoms with Gasteiger partial charge in [-0.15, -0.1) is 13.2 Å². The number of rotatable bonds is 7. The van der Waals surface area contributed by atoms with Gasteiger partial charge in [-0.25, -0.2) is 0 Å². The molecule has 0 saturated carbocycles. The van der Waals surface area contributed by atoms with E-state index in [1.54, 1.807) is 6.92 Å². The third kappa shape index (κ3) is 5.62. The molecule has 3 rings (SSSR count). The zero-order valence-corrected chi connectivity index (χ0v) is 16.5. The van der Waals surface area contributed by atoms with Crippen LogP contribution < -0.4 is 10.1 Å². The smallest absolute Gasteiger partial charge is 0.406 e. The molecule has 0 fully saturated rings. The Bertz CT molecular complexity index is 983. The molecule has 5 nitrogen and oxygen atoms in total. The molecule has 0 unspecified atom stereocenters. The van der Waals surface area contributed by atoms with Crippen LogP contribution in [0.5, 0.6) is 5.75 Å². The van der Waals surface area contributed by atoms with Crippen LogP contribution in [0, 0.1) is 6.92 Å². The lowest BCUT2D eigenvalue weighted by atomic mass is 10.0. The molecule has 3 aromatic rings. The second-order valence-corrected chi connectivity index (χ2v) is 6.94. The Balaban J connectivity index is 1.69. The van der Waals surface area contributed by atoms with Gasteiger partial charge in [0.05, 0.1) is 5.69 Å². The normalized spacial score (nSPS) is 12.4. The van der Waals surface area contributed by atoms with Crippen LogP contribution in [0.15, 0.2) is 59.1 Å². The van der Waals surface area contributed by atoms with Crippen LogP contribution in [0.4, 0.5) is 13.2 Å². The molecule has 1 aromatic heterocycles. The SMILES string of the molecule is Cc1noc(-c2ccc(OC(F)(F)F)cc2)c1C(=O)N[C@@H](C)CCc1ccccc1. The molecule has 1 atom stereocenters. The van der Waals surface area contributed by atoms with Crippen molar-refractivity contribution >= 4 is 5.91 Å². The van der Waals surface area contributed by atoms with Gasteiger partial charge in [0.1, 0.15) is 11.3 Å². The third-order valence-electron chi connectivity index (χ3n) is 4.53. The third-order valence-corrected chi connectivity index (χ3v) is 4.53. The molecular weight excluding hydrogens is 397 g/mol. The maximum absolute atomic E-state index is 12.8. The largest absolute Gasteiger partial charge is 0.573 e. The van der Waals surface area contributed by atoms with Crippen LogP contribution in [0.25, 0.3) is 11.3 Å². The van der Waals surface area contributed by atoms with E-state index in [1.807, 2.05) is 37.3 Å². The number of aromatic nitrogens is 1. The molecule has 1 heterocycles. The Morgan fingerprint density at radius 3 is 2.43 bits per heavy atom. The highest BCUT2D eigenvalue weighted by Crippen LogP contribution is 2.30. The quantitative estimate of drug-likeness (QED) is 0.566. The number of nitrogens with one attached hydrogen (secondary N) is 1. The highest BCUT2D eigenvalue weighted by molar-refractivity contribution is 6.00. The van der Waals surface area contributed by atoms with Crippen LogP contribution in [0.1, 0.15) is 35.0 Å². The summed E-state index contributed by atoms with van der Waals surface area (Å²) in [7, 11) is 0. The molecule has 0 aliphatic rings. The first-order chi connectivity index (χ1) is 14.2. The molecule has 0 radical (unpaired) electrons. The van der Waals surface area contributed by atoms with Crippen molar-refractivity contribution in [3.05, 3.63) is 71.4 Å². The number of benzene rings is 2. The summed E-state index contributed by atoms with van der Waals surface area (Å²) < 4.78 is 46.1. The van der Waals surface area contributed by atoms with Gasteiger partial charge in [0.2, 0.25) is 0 Å². The van der Waals surface area contributed by atoms with Crippen LogP contribution in [-0.2, 0) is 6.42 Å². The predicted octanol–water partition coefficient (Wildman–Crippen LogP) is 5.30. The van der Waals surface area contributed by atoms with Gasteiger partial charge in [0.25, 0.3) is 5.91 Å². The molecule has 158 valence electrons. The first kappa shape index (κ1) is 21.4. The van der Waals surface area contributed by atoms with E-state index in [9.17, 15) is 18.0 Å². The molecule has 8 heteroatoms. The standard InChI is InChI=1S/C22H21F3N2O3/c1-14(8-9-16-6-4-3-5-7-16)26-21(28)19-15(2)27-30-20(19)17-10-12-18(13-11-17)29-22(23,24)25/h3-7,10-14H,8-9H2,1-2H3,(H,26,28)/t14-/m0/s1. The molecule has 0 bridgehead atoms. The lowest BCUT2D eigenvalue weighted by molar-refractivity contribution is -0.274. The number of amides is 1. The first-order valence-corrected chi connectivity index (χ1v) is 9.40. The summed E-state index contributed by atoms with van der Waals surface area (Å²) in [4.78, 5) is 12.8. The number of hydrogen-bond donors (Lipinski definition) is 1. The average molecular weight is 418 g/mol. The fourth-order valence-electron chi connectivity index (χ4n) is 3.04. The van der Waals surface area contributed by atoms with Crippen molar-refractivity contribution in [1.29, 1.82) is 0 Å². The summed E-state index contributed by atoms with van der Waals surface area (Å²) in [6.07, 6.45) is -3.21. The van der Waals surface area contributed by atoms with Crippen molar-refractivity contribution < 1.29 is 27.2 Å². The molecular formula is C22H21F3N2O3. The van der Waals surface area contributed by atoms with E-state index in [0.29, 0.717) is 11.3 Å². The Labute approximate surface area is 171 Å². The first-order valence-electron chi connectivity index (χ1n) is 9.40. The maximum atomic E-state index is 12.8. The van der Waals surface area contributed by atoms with Crippen LogP contribution in [0.3, 0.4) is 0 Å². The minimum absolute atomic E-state index is 0.0950. The second-order valence-electron chi connectivity index (χ2n) is 6.94. The second kappa shape index (κ2) is 9.02. The van der Waals surface area contributed by atoms with Crippen molar-refractivity contribution in [2.24, 2.45) is 0 Å². The number of carbonyl (C=O) groups excluding carboxylic acids is 1. The van der Waals surface area contributed by atoms with E-state index >= 15 is 0 Å².